The van der Waals surface area contributed by atoms with Crippen molar-refractivity contribution in [1.82, 2.24) is 5.32 Å². The first-order valence-electron chi connectivity index (χ1n) is 6.69. The summed E-state index contributed by atoms with van der Waals surface area (Å²) in [6.45, 7) is 6.03. The lowest BCUT2D eigenvalue weighted by atomic mass is 9.98. The lowest BCUT2D eigenvalue weighted by Crippen LogP contribution is -2.45. The normalized spacial score (nSPS) is 15.6. The van der Waals surface area contributed by atoms with Crippen LogP contribution in [0.1, 0.15) is 38.8 Å². The molecule has 0 bridgehead atoms. The predicted molar refractivity (Wildman–Crippen MR) is 82.2 cm³/mol. The summed E-state index contributed by atoms with van der Waals surface area (Å²) in [6, 6.07) is 7.78. The quantitative estimate of drug-likeness (QED) is 0.788. The Morgan fingerprint density at radius 1 is 1.32 bits per heavy atom. The van der Waals surface area contributed by atoms with E-state index in [0.717, 1.165) is 12.0 Å². The number of thioether (sulfide) groups is 1. The zero-order valence-electron chi connectivity index (χ0n) is 12.1. The van der Waals surface area contributed by atoms with Gasteiger partial charge in [-0.3, -0.25) is 4.79 Å². The van der Waals surface area contributed by atoms with Crippen LogP contribution >= 0.6 is 11.8 Å². The molecule has 0 aliphatic carbocycles. The van der Waals surface area contributed by atoms with E-state index >= 15 is 0 Å². The molecule has 0 aliphatic heterocycles. The maximum Gasteiger partial charge on any atom is 0.237 e. The van der Waals surface area contributed by atoms with Gasteiger partial charge in [0.15, 0.2) is 0 Å². The van der Waals surface area contributed by atoms with Crippen molar-refractivity contribution in [2.75, 3.05) is 6.26 Å². The van der Waals surface area contributed by atoms with Gasteiger partial charge in [-0.2, -0.15) is 0 Å². The molecule has 0 aromatic heterocycles. The third-order valence-electron chi connectivity index (χ3n) is 3.53. The Bertz CT molecular complexity index is 405. The monoisotopic (exact) mass is 280 g/mol. The summed E-state index contributed by atoms with van der Waals surface area (Å²) in [4.78, 5) is 13.2. The van der Waals surface area contributed by atoms with Crippen molar-refractivity contribution in [1.29, 1.82) is 0 Å². The molecule has 1 rings (SSSR count). The zero-order valence-corrected chi connectivity index (χ0v) is 13.0. The Balaban J connectivity index is 2.63. The number of carbonyl (C=O) groups excluding carboxylic acids is 1. The summed E-state index contributed by atoms with van der Waals surface area (Å²) in [5.41, 5.74) is 7.03. The van der Waals surface area contributed by atoms with Gasteiger partial charge in [0, 0.05) is 4.90 Å². The molecule has 1 aromatic carbocycles. The van der Waals surface area contributed by atoms with E-state index in [9.17, 15) is 4.79 Å². The molecule has 4 heteroatoms. The summed E-state index contributed by atoms with van der Waals surface area (Å²) in [5, 5.41) is 2.98. The van der Waals surface area contributed by atoms with E-state index in [1.165, 1.54) is 4.90 Å². The van der Waals surface area contributed by atoms with Crippen molar-refractivity contribution in [2.24, 2.45) is 11.7 Å². The van der Waals surface area contributed by atoms with Crippen LogP contribution in [0.2, 0.25) is 0 Å². The molecular formula is C15H24N2OS. The minimum Gasteiger partial charge on any atom is -0.348 e. The molecule has 1 aromatic rings. The zero-order chi connectivity index (χ0) is 14.4. The predicted octanol–water partition coefficient (Wildman–Crippen LogP) is 2.96. The standard InChI is InChI=1S/C15H24N2OS/c1-5-10(2)14(16)15(18)17-11(3)12-6-8-13(19-4)9-7-12/h6-11,14H,5,16H2,1-4H3,(H,17,18)/t10?,11?,14-/m0/s1. The maximum absolute atomic E-state index is 12.0. The van der Waals surface area contributed by atoms with Crippen molar-refractivity contribution < 1.29 is 4.79 Å². The highest BCUT2D eigenvalue weighted by Gasteiger charge is 2.21. The second kappa shape index (κ2) is 7.56. The first-order chi connectivity index (χ1) is 8.99. The molecule has 3 N–H and O–H groups in total. The fraction of sp³-hybridized carbons (Fsp3) is 0.533. The smallest absolute Gasteiger partial charge is 0.237 e. The van der Waals surface area contributed by atoms with Crippen molar-refractivity contribution in [3.63, 3.8) is 0 Å². The van der Waals surface area contributed by atoms with E-state index in [4.69, 9.17) is 5.73 Å². The molecule has 2 unspecified atom stereocenters. The highest BCUT2D eigenvalue weighted by molar-refractivity contribution is 7.98. The first kappa shape index (κ1) is 16.1. The van der Waals surface area contributed by atoms with E-state index in [1.807, 2.05) is 39.2 Å². The van der Waals surface area contributed by atoms with Gasteiger partial charge < -0.3 is 11.1 Å². The Morgan fingerprint density at radius 2 is 1.89 bits per heavy atom. The molecule has 0 aliphatic rings. The molecule has 0 fully saturated rings. The van der Waals surface area contributed by atoms with Gasteiger partial charge in [0.25, 0.3) is 0 Å². The lowest BCUT2D eigenvalue weighted by molar-refractivity contribution is -0.124. The van der Waals surface area contributed by atoms with Crippen LogP contribution in [-0.2, 0) is 4.79 Å². The van der Waals surface area contributed by atoms with Crippen molar-refractivity contribution >= 4 is 17.7 Å². The lowest BCUT2D eigenvalue weighted by Gasteiger charge is -2.21. The van der Waals surface area contributed by atoms with Crippen LogP contribution in [0.15, 0.2) is 29.2 Å². The number of amides is 1. The largest absolute Gasteiger partial charge is 0.348 e. The van der Waals surface area contributed by atoms with Gasteiger partial charge in [-0.1, -0.05) is 32.4 Å². The molecule has 1 amide bonds. The number of hydrogen-bond acceptors (Lipinski definition) is 3. The SMILES string of the molecule is CCC(C)[C@H](N)C(=O)NC(C)c1ccc(SC)cc1. The minimum atomic E-state index is -0.432. The van der Waals surface area contributed by atoms with Gasteiger partial charge in [0.1, 0.15) is 0 Å². The Hall–Kier alpha value is -1.00. The Morgan fingerprint density at radius 3 is 2.37 bits per heavy atom. The van der Waals surface area contributed by atoms with E-state index in [2.05, 4.69) is 17.4 Å². The average molecular weight is 280 g/mol. The van der Waals surface area contributed by atoms with Crippen LogP contribution < -0.4 is 11.1 Å². The third kappa shape index (κ3) is 4.55. The van der Waals surface area contributed by atoms with Gasteiger partial charge in [-0.15, -0.1) is 11.8 Å². The van der Waals surface area contributed by atoms with Gasteiger partial charge in [-0.05, 0) is 36.8 Å². The van der Waals surface area contributed by atoms with E-state index < -0.39 is 6.04 Å². The number of nitrogens with one attached hydrogen (secondary N) is 1. The highest BCUT2D eigenvalue weighted by Crippen LogP contribution is 2.19. The Labute approximate surface area is 120 Å². The summed E-state index contributed by atoms with van der Waals surface area (Å²) in [6.07, 6.45) is 2.96. The fourth-order valence-corrected chi connectivity index (χ4v) is 2.21. The fourth-order valence-electron chi connectivity index (χ4n) is 1.80. The number of nitrogens with two attached hydrogens (primary N) is 1. The molecule has 19 heavy (non-hydrogen) atoms. The van der Waals surface area contributed by atoms with E-state index in [1.54, 1.807) is 11.8 Å². The maximum atomic E-state index is 12.0. The third-order valence-corrected chi connectivity index (χ3v) is 4.28. The minimum absolute atomic E-state index is 0.0153. The summed E-state index contributed by atoms with van der Waals surface area (Å²) < 4.78 is 0. The number of rotatable bonds is 6. The van der Waals surface area contributed by atoms with Crippen LogP contribution in [0, 0.1) is 5.92 Å². The molecule has 3 nitrogen and oxygen atoms in total. The topological polar surface area (TPSA) is 55.1 Å². The van der Waals surface area contributed by atoms with Crippen LogP contribution in [0.3, 0.4) is 0 Å². The summed E-state index contributed by atoms with van der Waals surface area (Å²) in [5.74, 6) is 0.127. The molecule has 0 radical (unpaired) electrons. The van der Waals surface area contributed by atoms with E-state index in [0.29, 0.717) is 0 Å². The van der Waals surface area contributed by atoms with Gasteiger partial charge in [-0.25, -0.2) is 0 Å². The molecular weight excluding hydrogens is 256 g/mol. The van der Waals surface area contributed by atoms with Crippen molar-refractivity contribution in [3.8, 4) is 0 Å². The van der Waals surface area contributed by atoms with Crippen LogP contribution in [0.25, 0.3) is 0 Å². The summed E-state index contributed by atoms with van der Waals surface area (Å²) >= 11 is 1.71. The molecule has 3 atom stereocenters. The van der Waals surface area contributed by atoms with Crippen molar-refractivity contribution in [3.05, 3.63) is 29.8 Å². The molecule has 106 valence electrons. The van der Waals surface area contributed by atoms with Gasteiger partial charge >= 0.3 is 0 Å². The number of carbonyl (C=O) groups is 1. The molecule has 0 spiro atoms. The summed E-state index contributed by atoms with van der Waals surface area (Å²) in [7, 11) is 0. The highest BCUT2D eigenvalue weighted by atomic mass is 32.2. The van der Waals surface area contributed by atoms with Gasteiger partial charge in [0.05, 0.1) is 12.1 Å². The molecule has 0 saturated carbocycles. The van der Waals surface area contributed by atoms with Crippen LogP contribution in [-0.4, -0.2) is 18.2 Å². The first-order valence-corrected chi connectivity index (χ1v) is 7.92. The second-order valence-electron chi connectivity index (χ2n) is 4.91. The Kier molecular flexibility index (Phi) is 6.38. The van der Waals surface area contributed by atoms with Crippen LogP contribution in [0.5, 0.6) is 0 Å². The van der Waals surface area contributed by atoms with Gasteiger partial charge in [0.2, 0.25) is 5.91 Å². The number of hydrogen-bond donors (Lipinski definition) is 2. The second-order valence-corrected chi connectivity index (χ2v) is 5.79. The molecule has 0 saturated heterocycles. The van der Waals surface area contributed by atoms with Crippen LogP contribution in [0.4, 0.5) is 0 Å². The molecule has 0 heterocycles. The average Bonchev–Trinajstić information content (AvgIpc) is 2.45. The van der Waals surface area contributed by atoms with Crippen molar-refractivity contribution in [2.45, 2.75) is 44.2 Å². The van der Waals surface area contributed by atoms with E-state index in [-0.39, 0.29) is 17.9 Å². The number of benzene rings is 1.